The van der Waals surface area contributed by atoms with Crippen LogP contribution in [0.25, 0.3) is 0 Å². The smallest absolute Gasteiger partial charge is 0.127 e. The number of hydrogen-bond donors (Lipinski definition) is 1. The molecule has 5 heteroatoms. The first-order valence-electron chi connectivity index (χ1n) is 7.15. The predicted molar refractivity (Wildman–Crippen MR) is 86.7 cm³/mol. The molecule has 0 aliphatic carbocycles. The first-order chi connectivity index (χ1) is 9.93. The molecule has 0 amide bonds. The van der Waals surface area contributed by atoms with Gasteiger partial charge in [0.25, 0.3) is 0 Å². The second-order valence-corrected chi connectivity index (χ2v) is 6.15. The average Bonchev–Trinajstić information content (AvgIpc) is 2.74. The Hall–Kier alpha value is -1.20. The van der Waals surface area contributed by atoms with Gasteiger partial charge in [-0.15, -0.1) is 0 Å². The Balaban J connectivity index is 2.13. The summed E-state index contributed by atoms with van der Waals surface area (Å²) in [5.74, 6) is -0.185. The third kappa shape index (κ3) is 3.52. The third-order valence-electron chi connectivity index (χ3n) is 3.78. The topological polar surface area (TPSA) is 29.9 Å². The van der Waals surface area contributed by atoms with Gasteiger partial charge in [0.15, 0.2) is 0 Å². The molecule has 1 unspecified atom stereocenters. The van der Waals surface area contributed by atoms with Gasteiger partial charge in [0.2, 0.25) is 0 Å². The number of rotatable bonds is 5. The fourth-order valence-corrected chi connectivity index (χ4v) is 3.10. The number of nitrogens with zero attached hydrogens (tertiary/aromatic N) is 2. The normalized spacial score (nSPS) is 12.7. The molecule has 0 aliphatic heterocycles. The summed E-state index contributed by atoms with van der Waals surface area (Å²) in [7, 11) is 0. The van der Waals surface area contributed by atoms with Crippen LogP contribution in [0.2, 0.25) is 0 Å². The quantitative estimate of drug-likeness (QED) is 0.869. The van der Waals surface area contributed by atoms with Crippen LogP contribution in [0.1, 0.15) is 42.4 Å². The summed E-state index contributed by atoms with van der Waals surface area (Å²) in [4.78, 5) is 0. The maximum Gasteiger partial charge on any atom is 0.127 e. The molecule has 2 rings (SSSR count). The Morgan fingerprint density at radius 2 is 2.10 bits per heavy atom. The Bertz CT molecular complexity index is 637. The zero-order valence-electron chi connectivity index (χ0n) is 12.9. The van der Waals surface area contributed by atoms with Crippen molar-refractivity contribution in [3.63, 3.8) is 0 Å². The minimum Gasteiger partial charge on any atom is -0.306 e. The van der Waals surface area contributed by atoms with Crippen LogP contribution in [-0.2, 0) is 13.1 Å². The molecule has 0 saturated carbocycles. The number of benzene rings is 1. The molecule has 0 aliphatic rings. The first kappa shape index (κ1) is 16.2. The highest BCUT2D eigenvalue weighted by atomic mass is 79.9. The molecule has 1 N–H and O–H groups in total. The Morgan fingerprint density at radius 1 is 1.38 bits per heavy atom. The molecule has 0 radical (unpaired) electrons. The fourth-order valence-electron chi connectivity index (χ4n) is 2.69. The molecule has 3 nitrogen and oxygen atoms in total. The molecular weight excluding hydrogens is 333 g/mol. The summed E-state index contributed by atoms with van der Waals surface area (Å²) in [5, 5.41) is 7.92. The van der Waals surface area contributed by atoms with Crippen molar-refractivity contribution in [3.8, 4) is 0 Å². The van der Waals surface area contributed by atoms with Crippen molar-refractivity contribution in [1.82, 2.24) is 15.1 Å². The van der Waals surface area contributed by atoms with Crippen molar-refractivity contribution in [2.24, 2.45) is 0 Å². The number of hydrogen-bond acceptors (Lipinski definition) is 2. The summed E-state index contributed by atoms with van der Waals surface area (Å²) < 4.78 is 16.7. The summed E-state index contributed by atoms with van der Waals surface area (Å²) in [6, 6.07) is 5.13. The van der Waals surface area contributed by atoms with Crippen LogP contribution in [0, 0.1) is 19.7 Å². The van der Waals surface area contributed by atoms with Gasteiger partial charge in [0.1, 0.15) is 5.82 Å². The highest BCUT2D eigenvalue weighted by molar-refractivity contribution is 9.10. The highest BCUT2D eigenvalue weighted by Crippen LogP contribution is 2.22. The van der Waals surface area contributed by atoms with Crippen molar-refractivity contribution >= 4 is 15.9 Å². The van der Waals surface area contributed by atoms with E-state index in [1.54, 1.807) is 6.07 Å². The maximum absolute atomic E-state index is 13.8. The molecule has 1 heterocycles. The lowest BCUT2D eigenvalue weighted by molar-refractivity contribution is 0.539. The molecule has 21 heavy (non-hydrogen) atoms. The lowest BCUT2D eigenvalue weighted by atomic mass is 10.1. The van der Waals surface area contributed by atoms with Gasteiger partial charge in [0, 0.05) is 40.4 Å². The standard InChI is InChI=1S/C16H21BrFN3/c1-5-21-12(4)16(11(3)20-21)10(2)19-9-13-8-14(17)6-7-15(13)18/h6-8,10,19H,5,9H2,1-4H3. The van der Waals surface area contributed by atoms with Crippen LogP contribution >= 0.6 is 15.9 Å². The van der Waals surface area contributed by atoms with E-state index in [1.807, 2.05) is 17.7 Å². The van der Waals surface area contributed by atoms with Gasteiger partial charge in [-0.05, 0) is 45.9 Å². The molecule has 0 spiro atoms. The van der Waals surface area contributed by atoms with Crippen molar-refractivity contribution in [3.05, 3.63) is 51.0 Å². The lowest BCUT2D eigenvalue weighted by Crippen LogP contribution is -2.20. The van der Waals surface area contributed by atoms with Crippen LogP contribution in [-0.4, -0.2) is 9.78 Å². The van der Waals surface area contributed by atoms with E-state index in [4.69, 9.17) is 0 Å². The van der Waals surface area contributed by atoms with Gasteiger partial charge >= 0.3 is 0 Å². The number of aryl methyl sites for hydroxylation is 2. The maximum atomic E-state index is 13.8. The van der Waals surface area contributed by atoms with Crippen LogP contribution in [0.15, 0.2) is 22.7 Å². The highest BCUT2D eigenvalue weighted by Gasteiger charge is 2.17. The van der Waals surface area contributed by atoms with Gasteiger partial charge in [-0.1, -0.05) is 15.9 Å². The third-order valence-corrected chi connectivity index (χ3v) is 4.27. The number of aromatic nitrogens is 2. The van der Waals surface area contributed by atoms with Crippen molar-refractivity contribution in [2.75, 3.05) is 0 Å². The minimum absolute atomic E-state index is 0.128. The molecule has 2 aromatic rings. The zero-order valence-corrected chi connectivity index (χ0v) is 14.5. The van der Waals surface area contributed by atoms with Crippen molar-refractivity contribution in [1.29, 1.82) is 0 Å². The van der Waals surface area contributed by atoms with Gasteiger partial charge in [-0.3, -0.25) is 4.68 Å². The van der Waals surface area contributed by atoms with E-state index >= 15 is 0 Å². The van der Waals surface area contributed by atoms with Crippen LogP contribution in [0.5, 0.6) is 0 Å². The summed E-state index contributed by atoms with van der Waals surface area (Å²) in [5.41, 5.74) is 4.07. The van der Waals surface area contributed by atoms with Gasteiger partial charge in [0.05, 0.1) is 5.69 Å². The number of halogens is 2. The van der Waals surface area contributed by atoms with Gasteiger partial charge in [-0.2, -0.15) is 5.10 Å². The monoisotopic (exact) mass is 353 g/mol. The SMILES string of the molecule is CCn1nc(C)c(C(C)NCc2cc(Br)ccc2F)c1C. The molecule has 1 atom stereocenters. The van der Waals surface area contributed by atoms with E-state index in [1.165, 1.54) is 17.3 Å². The molecular formula is C16H21BrFN3. The van der Waals surface area contributed by atoms with E-state index in [-0.39, 0.29) is 11.9 Å². The second-order valence-electron chi connectivity index (χ2n) is 5.24. The molecule has 0 bridgehead atoms. The van der Waals surface area contributed by atoms with Crippen LogP contribution in [0.4, 0.5) is 4.39 Å². The molecule has 0 fully saturated rings. The Morgan fingerprint density at radius 3 is 2.71 bits per heavy atom. The summed E-state index contributed by atoms with van der Waals surface area (Å²) >= 11 is 3.38. The Kier molecular flexibility index (Phi) is 5.17. The minimum atomic E-state index is -0.185. The summed E-state index contributed by atoms with van der Waals surface area (Å²) in [6.07, 6.45) is 0. The Labute approximate surface area is 133 Å². The number of nitrogens with one attached hydrogen (secondary N) is 1. The zero-order chi connectivity index (χ0) is 15.6. The van der Waals surface area contributed by atoms with Crippen LogP contribution in [0.3, 0.4) is 0 Å². The first-order valence-corrected chi connectivity index (χ1v) is 7.94. The second kappa shape index (κ2) is 6.71. The summed E-state index contributed by atoms with van der Waals surface area (Å²) in [6.45, 7) is 9.62. The van der Waals surface area contributed by atoms with E-state index < -0.39 is 0 Å². The average molecular weight is 354 g/mol. The van der Waals surface area contributed by atoms with E-state index in [0.29, 0.717) is 12.1 Å². The van der Waals surface area contributed by atoms with Gasteiger partial charge in [-0.25, -0.2) is 4.39 Å². The predicted octanol–water partition coefficient (Wildman–Crippen LogP) is 4.27. The van der Waals surface area contributed by atoms with Crippen LogP contribution < -0.4 is 5.32 Å². The van der Waals surface area contributed by atoms with E-state index in [9.17, 15) is 4.39 Å². The fraction of sp³-hybridized carbons (Fsp3) is 0.438. The van der Waals surface area contributed by atoms with Gasteiger partial charge < -0.3 is 5.32 Å². The molecule has 0 saturated heterocycles. The van der Waals surface area contributed by atoms with E-state index in [2.05, 4.69) is 47.1 Å². The lowest BCUT2D eigenvalue weighted by Gasteiger charge is -2.15. The molecule has 1 aromatic carbocycles. The molecule has 114 valence electrons. The molecule has 1 aromatic heterocycles. The van der Waals surface area contributed by atoms with Crippen molar-refractivity contribution < 1.29 is 4.39 Å². The largest absolute Gasteiger partial charge is 0.306 e. The van der Waals surface area contributed by atoms with E-state index in [0.717, 1.165) is 16.7 Å². The van der Waals surface area contributed by atoms with Crippen molar-refractivity contribution in [2.45, 2.75) is 46.8 Å².